The second kappa shape index (κ2) is 5.98. The van der Waals surface area contributed by atoms with Crippen LogP contribution >= 0.6 is 0 Å². The number of fused-ring (bicyclic) bond motifs is 1. The summed E-state index contributed by atoms with van der Waals surface area (Å²) >= 11 is 0. The molecule has 2 aliphatic rings. The van der Waals surface area contributed by atoms with Crippen LogP contribution in [-0.4, -0.2) is 35.8 Å². The van der Waals surface area contributed by atoms with Gasteiger partial charge in [0.05, 0.1) is 7.11 Å². The van der Waals surface area contributed by atoms with Gasteiger partial charge in [-0.3, -0.25) is 14.5 Å². The molecule has 1 aliphatic heterocycles. The van der Waals surface area contributed by atoms with E-state index in [-0.39, 0.29) is 24.0 Å². The highest BCUT2D eigenvalue weighted by Crippen LogP contribution is 2.39. The summed E-state index contributed by atoms with van der Waals surface area (Å²) in [6, 6.07) is 10.0. The van der Waals surface area contributed by atoms with Gasteiger partial charge in [0.25, 0.3) is 0 Å². The number of carbonyl (C=O) groups excluding carboxylic acids is 2. The van der Waals surface area contributed by atoms with E-state index < -0.39 is 0 Å². The quantitative estimate of drug-likeness (QED) is 0.799. The highest BCUT2D eigenvalue weighted by atomic mass is 16.5. The lowest BCUT2D eigenvalue weighted by Crippen LogP contribution is -2.43. The maximum atomic E-state index is 12.2. The van der Waals surface area contributed by atoms with E-state index in [4.69, 9.17) is 4.74 Å². The van der Waals surface area contributed by atoms with Crippen LogP contribution in [0.4, 0.5) is 0 Å². The van der Waals surface area contributed by atoms with Crippen LogP contribution in [0.5, 0.6) is 0 Å². The molecule has 0 radical (unpaired) electrons. The fourth-order valence-electron chi connectivity index (χ4n) is 3.77. The Balaban J connectivity index is 1.85. The predicted octanol–water partition coefficient (Wildman–Crippen LogP) is 2.17. The Morgan fingerprint density at radius 1 is 1.33 bits per heavy atom. The molecule has 0 aromatic heterocycles. The molecule has 4 nitrogen and oxygen atoms in total. The molecule has 1 aromatic carbocycles. The van der Waals surface area contributed by atoms with Crippen LogP contribution in [0.3, 0.4) is 0 Å². The molecular formula is C17H21NO3. The zero-order valence-corrected chi connectivity index (χ0v) is 12.3. The Bertz CT molecular complexity index is 528. The summed E-state index contributed by atoms with van der Waals surface area (Å²) in [6.07, 6.45) is 3.20. The van der Waals surface area contributed by atoms with Gasteiger partial charge in [0.15, 0.2) is 0 Å². The first kappa shape index (κ1) is 14.3. The Labute approximate surface area is 125 Å². The highest BCUT2D eigenvalue weighted by Gasteiger charge is 2.48. The number of carbonyl (C=O) groups is 2. The highest BCUT2D eigenvalue weighted by molar-refractivity contribution is 5.85. The molecule has 3 rings (SSSR count). The summed E-state index contributed by atoms with van der Waals surface area (Å²) < 4.78 is 4.95. The molecule has 1 aromatic rings. The van der Waals surface area contributed by atoms with Crippen molar-refractivity contribution in [3.05, 3.63) is 35.9 Å². The van der Waals surface area contributed by atoms with Crippen LogP contribution < -0.4 is 0 Å². The molecule has 112 valence electrons. The largest absolute Gasteiger partial charge is 0.468 e. The average Bonchev–Trinajstić information content (AvgIpc) is 2.88. The number of Topliss-reactive ketones (excluding diaryl/α,β-unsaturated/α-hetero) is 1. The van der Waals surface area contributed by atoms with E-state index in [1.165, 1.54) is 12.7 Å². The summed E-state index contributed by atoms with van der Waals surface area (Å²) in [6.45, 7) is 0.703. The number of benzene rings is 1. The molecule has 1 aliphatic carbocycles. The van der Waals surface area contributed by atoms with Crippen LogP contribution in [0, 0.1) is 5.92 Å². The first-order valence-electron chi connectivity index (χ1n) is 7.61. The van der Waals surface area contributed by atoms with E-state index >= 15 is 0 Å². The first-order valence-corrected chi connectivity index (χ1v) is 7.61. The van der Waals surface area contributed by atoms with Crippen molar-refractivity contribution in [2.24, 2.45) is 5.92 Å². The van der Waals surface area contributed by atoms with Gasteiger partial charge in [-0.1, -0.05) is 30.3 Å². The molecule has 0 spiro atoms. The molecule has 0 amide bonds. The molecule has 1 saturated heterocycles. The number of rotatable bonds is 3. The molecular weight excluding hydrogens is 266 g/mol. The van der Waals surface area contributed by atoms with Crippen LogP contribution in [0.2, 0.25) is 0 Å². The van der Waals surface area contributed by atoms with Crippen LogP contribution in [0.25, 0.3) is 0 Å². The second-order valence-corrected chi connectivity index (χ2v) is 5.96. The standard InChI is InChI=1S/C17H21NO3/c1-21-17(20)15-10-13-14(8-5-9-16(13)19)18(15)11-12-6-3-2-4-7-12/h2-4,6-7,13-15H,5,8-11H2,1H3/t13-,14-,15+/m1/s1. The van der Waals surface area contributed by atoms with Crippen LogP contribution in [0.15, 0.2) is 30.3 Å². The van der Waals surface area contributed by atoms with Crippen molar-refractivity contribution in [1.29, 1.82) is 0 Å². The molecule has 4 heteroatoms. The van der Waals surface area contributed by atoms with E-state index in [0.717, 1.165) is 12.8 Å². The molecule has 0 N–H and O–H groups in total. The normalized spacial score (nSPS) is 29.2. The van der Waals surface area contributed by atoms with E-state index in [9.17, 15) is 9.59 Å². The van der Waals surface area contributed by atoms with Gasteiger partial charge in [0.1, 0.15) is 11.8 Å². The minimum absolute atomic E-state index is 0.00608. The summed E-state index contributed by atoms with van der Waals surface area (Å²) in [7, 11) is 1.42. The molecule has 1 saturated carbocycles. The Morgan fingerprint density at radius 2 is 2.10 bits per heavy atom. The van der Waals surface area contributed by atoms with Gasteiger partial charge < -0.3 is 4.74 Å². The number of hydrogen-bond acceptors (Lipinski definition) is 4. The minimum Gasteiger partial charge on any atom is -0.468 e. The van der Waals surface area contributed by atoms with E-state index in [1.807, 2.05) is 18.2 Å². The number of ketones is 1. The third-order valence-electron chi connectivity index (χ3n) is 4.79. The van der Waals surface area contributed by atoms with Crippen molar-refractivity contribution < 1.29 is 14.3 Å². The number of hydrogen-bond donors (Lipinski definition) is 0. The van der Waals surface area contributed by atoms with Gasteiger partial charge in [0.2, 0.25) is 0 Å². The van der Waals surface area contributed by atoms with Crippen LogP contribution in [0.1, 0.15) is 31.2 Å². The van der Waals surface area contributed by atoms with Gasteiger partial charge in [-0.05, 0) is 24.8 Å². The van der Waals surface area contributed by atoms with Crippen LogP contribution in [-0.2, 0) is 20.9 Å². The Hall–Kier alpha value is -1.68. The minimum atomic E-state index is -0.285. The lowest BCUT2D eigenvalue weighted by molar-refractivity contribution is -0.146. The van der Waals surface area contributed by atoms with Crippen molar-refractivity contribution in [2.75, 3.05) is 7.11 Å². The van der Waals surface area contributed by atoms with Gasteiger partial charge in [-0.2, -0.15) is 0 Å². The van der Waals surface area contributed by atoms with E-state index in [0.29, 0.717) is 25.2 Å². The topological polar surface area (TPSA) is 46.6 Å². The Morgan fingerprint density at radius 3 is 2.81 bits per heavy atom. The number of esters is 1. The van der Waals surface area contributed by atoms with Crippen molar-refractivity contribution in [2.45, 2.75) is 44.3 Å². The molecule has 0 unspecified atom stereocenters. The predicted molar refractivity (Wildman–Crippen MR) is 78.5 cm³/mol. The van der Waals surface area contributed by atoms with E-state index in [1.54, 1.807) is 0 Å². The van der Waals surface area contributed by atoms with Crippen molar-refractivity contribution in [3.8, 4) is 0 Å². The molecule has 0 bridgehead atoms. The zero-order valence-electron chi connectivity index (χ0n) is 12.3. The zero-order chi connectivity index (χ0) is 14.8. The summed E-state index contributed by atoms with van der Waals surface area (Å²) in [5, 5.41) is 0. The lowest BCUT2D eigenvalue weighted by atomic mass is 9.83. The fraction of sp³-hybridized carbons (Fsp3) is 0.529. The number of ether oxygens (including phenoxy) is 1. The average molecular weight is 287 g/mol. The molecule has 3 atom stereocenters. The number of nitrogens with zero attached hydrogens (tertiary/aromatic N) is 1. The second-order valence-electron chi connectivity index (χ2n) is 5.96. The smallest absolute Gasteiger partial charge is 0.323 e. The summed E-state index contributed by atoms with van der Waals surface area (Å²) in [5.41, 5.74) is 1.17. The molecule has 2 fully saturated rings. The number of likely N-dealkylation sites (tertiary alicyclic amines) is 1. The van der Waals surface area contributed by atoms with Gasteiger partial charge in [-0.15, -0.1) is 0 Å². The van der Waals surface area contributed by atoms with Gasteiger partial charge in [0, 0.05) is 24.9 Å². The number of methoxy groups -OCH3 is 1. The molecule has 1 heterocycles. The van der Waals surface area contributed by atoms with Crippen molar-refractivity contribution in [1.82, 2.24) is 4.90 Å². The Kier molecular flexibility index (Phi) is 4.06. The third-order valence-corrected chi connectivity index (χ3v) is 4.79. The fourth-order valence-corrected chi connectivity index (χ4v) is 3.77. The lowest BCUT2D eigenvalue weighted by Gasteiger charge is -2.32. The van der Waals surface area contributed by atoms with Crippen molar-refractivity contribution >= 4 is 11.8 Å². The first-order chi connectivity index (χ1) is 10.2. The van der Waals surface area contributed by atoms with Crippen molar-refractivity contribution in [3.63, 3.8) is 0 Å². The maximum absolute atomic E-state index is 12.2. The van der Waals surface area contributed by atoms with Gasteiger partial charge in [-0.25, -0.2) is 0 Å². The summed E-state index contributed by atoms with van der Waals surface area (Å²) in [4.78, 5) is 26.4. The maximum Gasteiger partial charge on any atom is 0.323 e. The van der Waals surface area contributed by atoms with Gasteiger partial charge >= 0.3 is 5.97 Å². The van der Waals surface area contributed by atoms with E-state index in [2.05, 4.69) is 17.0 Å². The monoisotopic (exact) mass is 287 g/mol. The SMILES string of the molecule is COC(=O)[C@@H]1C[C@H]2C(=O)CCC[C@H]2N1Cc1ccccc1. The molecule has 21 heavy (non-hydrogen) atoms. The third kappa shape index (κ3) is 2.72. The summed E-state index contributed by atoms with van der Waals surface area (Å²) in [5.74, 6) is 0.107.